The van der Waals surface area contributed by atoms with Crippen molar-refractivity contribution in [3.05, 3.63) is 34.3 Å². The molecule has 0 fully saturated rings. The fraction of sp³-hybridized carbons (Fsp3) is 0.647. The molecule has 2 heteroatoms. The van der Waals surface area contributed by atoms with Crippen LogP contribution in [0.15, 0.2) is 18.2 Å². The largest absolute Gasteiger partial charge is 0.312 e. The molecule has 0 saturated heterocycles. The molecule has 1 rings (SSSR count). The van der Waals surface area contributed by atoms with Crippen LogP contribution in [0.25, 0.3) is 0 Å². The number of aryl methyl sites for hydroxylation is 1. The molecule has 1 unspecified atom stereocenters. The van der Waals surface area contributed by atoms with Gasteiger partial charge in [0, 0.05) is 10.6 Å². The molecule has 19 heavy (non-hydrogen) atoms. The van der Waals surface area contributed by atoms with E-state index >= 15 is 0 Å². The second kappa shape index (κ2) is 7.31. The minimum Gasteiger partial charge on any atom is -0.312 e. The molecule has 1 N–H and O–H groups in total. The summed E-state index contributed by atoms with van der Waals surface area (Å²) in [6.07, 6.45) is 3.53. The first-order valence-electron chi connectivity index (χ1n) is 7.32. The Hall–Kier alpha value is -0.530. The van der Waals surface area contributed by atoms with Crippen molar-refractivity contribution in [1.29, 1.82) is 0 Å². The minimum atomic E-state index is 0.184. The first-order chi connectivity index (χ1) is 8.81. The summed E-state index contributed by atoms with van der Waals surface area (Å²) >= 11 is 6.34. The number of rotatable bonds is 6. The van der Waals surface area contributed by atoms with E-state index in [0.717, 1.165) is 18.0 Å². The van der Waals surface area contributed by atoms with Gasteiger partial charge in [-0.1, -0.05) is 37.1 Å². The summed E-state index contributed by atoms with van der Waals surface area (Å²) in [6, 6.07) is 6.40. The van der Waals surface area contributed by atoms with Crippen molar-refractivity contribution in [2.75, 3.05) is 6.54 Å². The van der Waals surface area contributed by atoms with E-state index < -0.39 is 0 Å². The quantitative estimate of drug-likeness (QED) is 0.774. The van der Waals surface area contributed by atoms with Gasteiger partial charge in [-0.25, -0.2) is 0 Å². The molecule has 0 aliphatic rings. The lowest BCUT2D eigenvalue weighted by Gasteiger charge is -2.25. The molecule has 0 heterocycles. The number of halogens is 1. The van der Waals surface area contributed by atoms with Gasteiger partial charge in [0.2, 0.25) is 0 Å². The van der Waals surface area contributed by atoms with Crippen LogP contribution in [0.1, 0.15) is 51.7 Å². The van der Waals surface area contributed by atoms with Crippen molar-refractivity contribution in [2.24, 2.45) is 5.92 Å². The third-order valence-corrected chi connectivity index (χ3v) is 3.69. The molecule has 0 saturated carbocycles. The average Bonchev–Trinajstić information content (AvgIpc) is 2.28. The van der Waals surface area contributed by atoms with Crippen molar-refractivity contribution in [3.8, 4) is 0 Å². The fourth-order valence-corrected chi connectivity index (χ4v) is 2.58. The Kier molecular flexibility index (Phi) is 6.35. The number of nitrogens with one attached hydrogen (secondary N) is 1. The lowest BCUT2D eigenvalue weighted by atomic mass is 9.93. The molecule has 1 atom stereocenters. The number of hydrogen-bond acceptors (Lipinski definition) is 1. The molecule has 1 aromatic carbocycles. The summed E-state index contributed by atoms with van der Waals surface area (Å²) in [6.45, 7) is 12.0. The highest BCUT2D eigenvalue weighted by atomic mass is 35.5. The van der Waals surface area contributed by atoms with Crippen LogP contribution in [0.5, 0.6) is 0 Å². The Morgan fingerprint density at radius 2 is 1.95 bits per heavy atom. The molecular formula is C17H28ClN. The van der Waals surface area contributed by atoms with Crippen molar-refractivity contribution in [2.45, 2.75) is 59.4 Å². The van der Waals surface area contributed by atoms with E-state index in [1.54, 1.807) is 0 Å². The van der Waals surface area contributed by atoms with E-state index in [9.17, 15) is 0 Å². The van der Waals surface area contributed by atoms with Crippen molar-refractivity contribution < 1.29 is 0 Å². The van der Waals surface area contributed by atoms with Gasteiger partial charge in [-0.15, -0.1) is 0 Å². The third-order valence-electron chi connectivity index (χ3n) is 3.34. The van der Waals surface area contributed by atoms with Crippen LogP contribution in [0.3, 0.4) is 0 Å². The minimum absolute atomic E-state index is 0.184. The van der Waals surface area contributed by atoms with Crippen LogP contribution in [0, 0.1) is 12.8 Å². The zero-order valence-corrected chi connectivity index (χ0v) is 13.8. The first-order valence-corrected chi connectivity index (χ1v) is 7.69. The topological polar surface area (TPSA) is 12.0 Å². The second-order valence-corrected chi connectivity index (χ2v) is 6.99. The van der Waals surface area contributed by atoms with E-state index in [2.05, 4.69) is 58.1 Å². The van der Waals surface area contributed by atoms with Crippen LogP contribution < -0.4 is 5.32 Å². The van der Waals surface area contributed by atoms with Crippen LogP contribution in [0.4, 0.5) is 0 Å². The van der Waals surface area contributed by atoms with Crippen molar-refractivity contribution in [1.82, 2.24) is 5.32 Å². The molecule has 0 spiro atoms. The molecule has 0 aliphatic heterocycles. The zero-order valence-electron chi connectivity index (χ0n) is 13.0. The van der Waals surface area contributed by atoms with E-state index in [1.807, 2.05) is 0 Å². The Bertz CT molecular complexity index is 393. The third kappa shape index (κ3) is 6.44. The van der Waals surface area contributed by atoms with Gasteiger partial charge in [0.05, 0.1) is 0 Å². The summed E-state index contributed by atoms with van der Waals surface area (Å²) in [5.74, 6) is 0.657. The van der Waals surface area contributed by atoms with E-state index in [-0.39, 0.29) is 5.54 Å². The van der Waals surface area contributed by atoms with Crippen LogP contribution >= 0.6 is 11.6 Å². The highest BCUT2D eigenvalue weighted by Gasteiger charge is 2.15. The smallest absolute Gasteiger partial charge is 0.0440 e. The molecule has 0 aliphatic carbocycles. The van der Waals surface area contributed by atoms with Gasteiger partial charge in [-0.2, -0.15) is 0 Å². The van der Waals surface area contributed by atoms with Gasteiger partial charge in [-0.05, 0) is 70.2 Å². The molecule has 0 aromatic heterocycles. The molecular weight excluding hydrogens is 254 g/mol. The lowest BCUT2D eigenvalue weighted by Crippen LogP contribution is -2.39. The van der Waals surface area contributed by atoms with Gasteiger partial charge in [-0.3, -0.25) is 0 Å². The summed E-state index contributed by atoms with van der Waals surface area (Å²) < 4.78 is 0. The van der Waals surface area contributed by atoms with E-state index in [4.69, 9.17) is 11.6 Å². The number of hydrogen-bond donors (Lipinski definition) is 1. The van der Waals surface area contributed by atoms with Crippen LogP contribution in [0.2, 0.25) is 5.02 Å². The zero-order chi connectivity index (χ0) is 14.5. The maximum Gasteiger partial charge on any atom is 0.0440 e. The molecule has 0 radical (unpaired) electrons. The van der Waals surface area contributed by atoms with Gasteiger partial charge in [0.15, 0.2) is 0 Å². The highest BCUT2D eigenvalue weighted by molar-refractivity contribution is 6.31. The normalized spacial score (nSPS) is 13.6. The van der Waals surface area contributed by atoms with Gasteiger partial charge < -0.3 is 5.32 Å². The van der Waals surface area contributed by atoms with Crippen LogP contribution in [-0.4, -0.2) is 12.1 Å². The predicted molar refractivity (Wildman–Crippen MR) is 86.0 cm³/mol. The number of benzene rings is 1. The van der Waals surface area contributed by atoms with Gasteiger partial charge in [0.1, 0.15) is 0 Å². The van der Waals surface area contributed by atoms with Crippen LogP contribution in [-0.2, 0) is 6.42 Å². The lowest BCUT2D eigenvalue weighted by molar-refractivity contribution is 0.355. The summed E-state index contributed by atoms with van der Waals surface area (Å²) in [5.41, 5.74) is 2.69. The maximum absolute atomic E-state index is 6.34. The van der Waals surface area contributed by atoms with E-state index in [0.29, 0.717) is 5.92 Å². The summed E-state index contributed by atoms with van der Waals surface area (Å²) in [7, 11) is 0. The summed E-state index contributed by atoms with van der Waals surface area (Å²) in [4.78, 5) is 0. The predicted octanol–water partition coefficient (Wildman–Crippen LogP) is 5.00. The Labute approximate surface area is 123 Å². The molecule has 1 aromatic rings. The van der Waals surface area contributed by atoms with E-state index in [1.165, 1.54) is 24.0 Å². The monoisotopic (exact) mass is 281 g/mol. The highest BCUT2D eigenvalue weighted by Crippen LogP contribution is 2.23. The average molecular weight is 282 g/mol. The SMILES string of the molecule is CCCC(CNC(C)(C)C)Cc1ccc(C)cc1Cl. The Balaban J connectivity index is 2.67. The fourth-order valence-electron chi connectivity index (χ4n) is 2.26. The van der Waals surface area contributed by atoms with Gasteiger partial charge in [0.25, 0.3) is 0 Å². The van der Waals surface area contributed by atoms with Crippen molar-refractivity contribution >= 4 is 11.6 Å². The second-order valence-electron chi connectivity index (χ2n) is 6.58. The molecule has 108 valence electrons. The Morgan fingerprint density at radius 3 is 2.47 bits per heavy atom. The summed E-state index contributed by atoms with van der Waals surface area (Å²) in [5, 5.41) is 4.53. The molecule has 0 bridgehead atoms. The van der Waals surface area contributed by atoms with Crippen molar-refractivity contribution in [3.63, 3.8) is 0 Å². The Morgan fingerprint density at radius 1 is 1.26 bits per heavy atom. The van der Waals surface area contributed by atoms with Gasteiger partial charge >= 0.3 is 0 Å². The molecule has 0 amide bonds. The standard InChI is InChI=1S/C17H28ClN/c1-6-7-14(12-19-17(3,4)5)11-15-9-8-13(2)10-16(15)18/h8-10,14,19H,6-7,11-12H2,1-5H3. The molecule has 1 nitrogen and oxygen atoms in total. The first kappa shape index (κ1) is 16.5. The maximum atomic E-state index is 6.34.